The van der Waals surface area contributed by atoms with Gasteiger partial charge < -0.3 is 15.6 Å². The lowest BCUT2D eigenvalue weighted by atomic mass is 10.1. The van der Waals surface area contributed by atoms with E-state index in [0.29, 0.717) is 11.6 Å². The predicted octanol–water partition coefficient (Wildman–Crippen LogP) is 1.42. The van der Waals surface area contributed by atoms with Gasteiger partial charge in [0.25, 0.3) is 0 Å². The average Bonchev–Trinajstić information content (AvgIpc) is 2.58. The Labute approximate surface area is 91.3 Å². The largest absolute Gasteiger partial charge is 0.497 e. The smallest absolute Gasteiger partial charge is 0.181 e. The molecule has 0 bridgehead atoms. The van der Waals surface area contributed by atoms with Crippen LogP contribution < -0.4 is 10.5 Å². The minimum atomic E-state index is 0.0969. The molecule has 5 heteroatoms. The van der Waals surface area contributed by atoms with Crippen molar-refractivity contribution in [3.63, 3.8) is 0 Å². The van der Waals surface area contributed by atoms with Crippen molar-refractivity contribution in [2.24, 2.45) is 0 Å². The summed E-state index contributed by atoms with van der Waals surface area (Å²) in [7, 11) is 1.62. The van der Waals surface area contributed by atoms with E-state index < -0.39 is 0 Å². The van der Waals surface area contributed by atoms with Crippen LogP contribution >= 0.6 is 11.3 Å². The highest BCUT2D eigenvalue weighted by Gasteiger charge is 2.08. The Kier molecular flexibility index (Phi) is 2.75. The molecular formula is C10H12N2O2S. The van der Waals surface area contributed by atoms with Gasteiger partial charge in [-0.25, -0.2) is 4.98 Å². The number of aromatic nitrogens is 1. The van der Waals surface area contributed by atoms with Gasteiger partial charge in [-0.1, -0.05) is 11.3 Å². The van der Waals surface area contributed by atoms with Crippen LogP contribution in [0.2, 0.25) is 0 Å². The average molecular weight is 224 g/mol. The van der Waals surface area contributed by atoms with Crippen molar-refractivity contribution < 1.29 is 9.84 Å². The van der Waals surface area contributed by atoms with E-state index in [4.69, 9.17) is 15.6 Å². The summed E-state index contributed by atoms with van der Waals surface area (Å²) < 4.78 is 6.17. The van der Waals surface area contributed by atoms with Gasteiger partial charge in [0.05, 0.1) is 17.3 Å². The van der Waals surface area contributed by atoms with Crippen molar-refractivity contribution in [3.05, 3.63) is 17.7 Å². The van der Waals surface area contributed by atoms with E-state index in [0.717, 1.165) is 21.5 Å². The summed E-state index contributed by atoms with van der Waals surface area (Å²) >= 11 is 1.43. The summed E-state index contributed by atoms with van der Waals surface area (Å²) in [5.41, 5.74) is 7.49. The number of rotatable bonds is 3. The summed E-state index contributed by atoms with van der Waals surface area (Å²) in [6.45, 7) is 0.0969. The summed E-state index contributed by atoms with van der Waals surface area (Å²) in [6, 6.07) is 3.79. The van der Waals surface area contributed by atoms with E-state index in [-0.39, 0.29) is 6.61 Å². The first kappa shape index (κ1) is 10.2. The van der Waals surface area contributed by atoms with Crippen LogP contribution in [0.25, 0.3) is 10.2 Å². The Bertz CT molecular complexity index is 481. The number of nitrogen functional groups attached to an aromatic ring is 1. The molecule has 3 N–H and O–H groups in total. The van der Waals surface area contributed by atoms with Crippen molar-refractivity contribution in [1.82, 2.24) is 4.98 Å². The number of hydrogen-bond acceptors (Lipinski definition) is 5. The Hall–Kier alpha value is -1.33. The van der Waals surface area contributed by atoms with E-state index in [1.165, 1.54) is 11.3 Å². The first-order valence-corrected chi connectivity index (χ1v) is 5.40. The van der Waals surface area contributed by atoms with Crippen LogP contribution in [0.5, 0.6) is 5.75 Å². The minimum absolute atomic E-state index is 0.0969. The van der Waals surface area contributed by atoms with Crippen LogP contribution in [0.3, 0.4) is 0 Å². The molecule has 0 saturated heterocycles. The van der Waals surface area contributed by atoms with Gasteiger partial charge in [0.15, 0.2) is 5.13 Å². The Morgan fingerprint density at radius 3 is 3.00 bits per heavy atom. The number of anilines is 1. The molecule has 1 heterocycles. The third-order valence-electron chi connectivity index (χ3n) is 2.18. The fraction of sp³-hybridized carbons (Fsp3) is 0.300. The van der Waals surface area contributed by atoms with Gasteiger partial charge in [0.2, 0.25) is 0 Å². The van der Waals surface area contributed by atoms with Crippen LogP contribution in [-0.4, -0.2) is 23.8 Å². The molecule has 15 heavy (non-hydrogen) atoms. The van der Waals surface area contributed by atoms with Crippen molar-refractivity contribution in [2.45, 2.75) is 6.42 Å². The molecule has 0 aliphatic heterocycles. The van der Waals surface area contributed by atoms with Gasteiger partial charge >= 0.3 is 0 Å². The molecule has 2 rings (SSSR count). The van der Waals surface area contributed by atoms with E-state index in [2.05, 4.69) is 4.98 Å². The van der Waals surface area contributed by atoms with Gasteiger partial charge in [-0.3, -0.25) is 0 Å². The zero-order valence-electron chi connectivity index (χ0n) is 8.36. The van der Waals surface area contributed by atoms with Gasteiger partial charge in [-0.2, -0.15) is 0 Å². The maximum atomic E-state index is 8.95. The number of thiazole rings is 1. The minimum Gasteiger partial charge on any atom is -0.497 e. The summed E-state index contributed by atoms with van der Waals surface area (Å²) in [4.78, 5) is 4.24. The molecule has 0 radical (unpaired) electrons. The maximum Gasteiger partial charge on any atom is 0.181 e. The highest BCUT2D eigenvalue weighted by atomic mass is 32.1. The molecule has 4 nitrogen and oxygen atoms in total. The number of methoxy groups -OCH3 is 1. The first-order chi connectivity index (χ1) is 7.24. The maximum absolute atomic E-state index is 8.95. The number of nitrogens with zero attached hydrogens (tertiary/aromatic N) is 1. The molecular weight excluding hydrogens is 212 g/mol. The molecule has 80 valence electrons. The normalized spacial score (nSPS) is 10.8. The van der Waals surface area contributed by atoms with Gasteiger partial charge in [0, 0.05) is 6.61 Å². The first-order valence-electron chi connectivity index (χ1n) is 4.58. The molecule has 0 spiro atoms. The van der Waals surface area contributed by atoms with Crippen LogP contribution in [0.4, 0.5) is 5.13 Å². The number of aliphatic hydroxyl groups is 1. The van der Waals surface area contributed by atoms with Crippen molar-refractivity contribution >= 4 is 26.7 Å². The lowest BCUT2D eigenvalue weighted by Crippen LogP contribution is -1.94. The molecule has 0 unspecified atom stereocenters. The molecule has 0 aliphatic rings. The molecule has 0 atom stereocenters. The lowest BCUT2D eigenvalue weighted by molar-refractivity contribution is 0.300. The molecule has 1 aromatic carbocycles. The molecule has 0 aliphatic carbocycles. The highest BCUT2D eigenvalue weighted by molar-refractivity contribution is 7.22. The highest BCUT2D eigenvalue weighted by Crippen LogP contribution is 2.31. The lowest BCUT2D eigenvalue weighted by Gasteiger charge is -2.04. The van der Waals surface area contributed by atoms with Crippen molar-refractivity contribution in [2.75, 3.05) is 19.5 Å². The predicted molar refractivity (Wildman–Crippen MR) is 61.4 cm³/mol. The number of fused-ring (bicyclic) bond motifs is 1. The summed E-state index contributed by atoms with van der Waals surface area (Å²) in [5, 5.41) is 9.49. The zero-order chi connectivity index (χ0) is 10.8. The quantitative estimate of drug-likeness (QED) is 0.827. The Morgan fingerprint density at radius 1 is 1.53 bits per heavy atom. The second-order valence-electron chi connectivity index (χ2n) is 3.16. The topological polar surface area (TPSA) is 68.4 Å². The Balaban J connectivity index is 2.62. The standard InChI is InChI=1S/C10H12N2O2S/c1-14-7-4-6(2-3-13)9-8(5-7)15-10(11)12-9/h4-5,13H,2-3H2,1H3,(H2,11,12). The fourth-order valence-corrected chi connectivity index (χ4v) is 2.33. The van der Waals surface area contributed by atoms with Crippen LogP contribution in [0.15, 0.2) is 12.1 Å². The van der Waals surface area contributed by atoms with Crippen LogP contribution in [-0.2, 0) is 6.42 Å². The number of ether oxygens (including phenoxy) is 1. The van der Waals surface area contributed by atoms with Crippen LogP contribution in [0, 0.1) is 0 Å². The number of hydrogen-bond donors (Lipinski definition) is 2. The molecule has 1 aromatic heterocycles. The van der Waals surface area contributed by atoms with E-state index >= 15 is 0 Å². The number of benzene rings is 1. The fourth-order valence-electron chi connectivity index (χ4n) is 1.52. The third kappa shape index (κ3) is 1.88. The number of aliphatic hydroxyl groups excluding tert-OH is 1. The SMILES string of the molecule is COc1cc(CCO)c2nc(N)sc2c1. The van der Waals surface area contributed by atoms with E-state index in [1.807, 2.05) is 12.1 Å². The van der Waals surface area contributed by atoms with Crippen LogP contribution in [0.1, 0.15) is 5.56 Å². The van der Waals surface area contributed by atoms with Crippen molar-refractivity contribution in [3.8, 4) is 5.75 Å². The van der Waals surface area contributed by atoms with Crippen molar-refractivity contribution in [1.29, 1.82) is 0 Å². The molecule has 0 saturated carbocycles. The molecule has 0 amide bonds. The second-order valence-corrected chi connectivity index (χ2v) is 4.22. The number of nitrogens with two attached hydrogens (primary N) is 1. The summed E-state index contributed by atoms with van der Waals surface area (Å²) in [5.74, 6) is 0.773. The van der Waals surface area contributed by atoms with Gasteiger partial charge in [-0.05, 0) is 24.1 Å². The van der Waals surface area contributed by atoms with Gasteiger partial charge in [-0.15, -0.1) is 0 Å². The zero-order valence-corrected chi connectivity index (χ0v) is 9.17. The van der Waals surface area contributed by atoms with E-state index in [9.17, 15) is 0 Å². The second kappa shape index (κ2) is 4.04. The Morgan fingerprint density at radius 2 is 2.33 bits per heavy atom. The monoisotopic (exact) mass is 224 g/mol. The summed E-state index contributed by atoms with van der Waals surface area (Å²) in [6.07, 6.45) is 0.566. The third-order valence-corrected chi connectivity index (χ3v) is 3.01. The molecule has 2 aromatic rings. The van der Waals surface area contributed by atoms with Gasteiger partial charge in [0.1, 0.15) is 5.75 Å². The molecule has 0 fully saturated rings. The van der Waals surface area contributed by atoms with E-state index in [1.54, 1.807) is 7.11 Å².